The van der Waals surface area contributed by atoms with Gasteiger partial charge in [0.2, 0.25) is 5.91 Å². The third-order valence-corrected chi connectivity index (χ3v) is 8.24. The number of aromatic nitrogens is 6. The van der Waals surface area contributed by atoms with Gasteiger partial charge in [0, 0.05) is 32.4 Å². The molecule has 11 heteroatoms. The van der Waals surface area contributed by atoms with E-state index in [1.807, 2.05) is 16.4 Å². The first kappa shape index (κ1) is 24.7. The molecule has 2 aliphatic heterocycles. The molecule has 0 saturated carbocycles. The fourth-order valence-electron chi connectivity index (χ4n) is 6.24. The number of imidazole rings is 2. The number of rotatable bonds is 4. The number of nitrogens with one attached hydrogen (secondary N) is 1. The summed E-state index contributed by atoms with van der Waals surface area (Å²) < 4.78 is 8.27. The number of aliphatic hydroxyl groups is 1. The van der Waals surface area contributed by atoms with Crippen molar-refractivity contribution in [3.05, 3.63) is 41.7 Å². The van der Waals surface area contributed by atoms with Crippen LogP contribution in [0, 0.1) is 13.8 Å². The van der Waals surface area contributed by atoms with Crippen LogP contribution in [0.4, 0.5) is 5.82 Å². The Bertz CT molecular complexity index is 1520. The summed E-state index contributed by atoms with van der Waals surface area (Å²) in [6.45, 7) is 7.50. The molecular weight excluding hydrogens is 484 g/mol. The number of carbonyl (C=O) groups excluding carboxylic acids is 1. The zero-order valence-corrected chi connectivity index (χ0v) is 22.1. The van der Waals surface area contributed by atoms with E-state index in [-0.39, 0.29) is 11.9 Å². The van der Waals surface area contributed by atoms with Crippen molar-refractivity contribution in [2.24, 2.45) is 0 Å². The molecule has 38 heavy (non-hydrogen) atoms. The van der Waals surface area contributed by atoms with Crippen LogP contribution in [-0.2, 0) is 16.0 Å². The number of anilines is 1. The second kappa shape index (κ2) is 9.02. The predicted octanol–water partition coefficient (Wildman–Crippen LogP) is 2.61. The summed E-state index contributed by atoms with van der Waals surface area (Å²) in [4.78, 5) is 35.7. The molecule has 1 amide bonds. The summed E-state index contributed by atoms with van der Waals surface area (Å²) in [5.74, 6) is 1.27. The molecule has 2 saturated heterocycles. The third-order valence-electron chi connectivity index (χ3n) is 8.24. The lowest BCUT2D eigenvalue weighted by molar-refractivity contribution is -0.196. The highest BCUT2D eigenvalue weighted by atomic mass is 16.5. The molecule has 6 rings (SSSR count). The van der Waals surface area contributed by atoms with Gasteiger partial charge in [0.1, 0.15) is 17.7 Å². The summed E-state index contributed by atoms with van der Waals surface area (Å²) in [5, 5.41) is 11.5. The Balaban J connectivity index is 1.08. The van der Waals surface area contributed by atoms with Crippen LogP contribution >= 0.6 is 0 Å². The highest BCUT2D eigenvalue weighted by molar-refractivity contribution is 5.81. The summed E-state index contributed by atoms with van der Waals surface area (Å²) in [6, 6.07) is 3.85. The lowest BCUT2D eigenvalue weighted by atomic mass is 9.75. The SMILES string of the molecule is Cc1cc(C)c2nc(CCC(=O)N3CCC4(CC3)C[C@@](C)(O)[C@H](n3cnc5c(N)ncnc53)CO4)[nH]c2c1. The van der Waals surface area contributed by atoms with Crippen LogP contribution < -0.4 is 5.73 Å². The number of aromatic amines is 1. The molecule has 2 fully saturated rings. The Morgan fingerprint density at radius 2 is 2.00 bits per heavy atom. The van der Waals surface area contributed by atoms with Gasteiger partial charge in [-0.25, -0.2) is 19.9 Å². The molecule has 0 aliphatic carbocycles. The van der Waals surface area contributed by atoms with Crippen LogP contribution in [0.5, 0.6) is 0 Å². The highest BCUT2D eigenvalue weighted by Gasteiger charge is 2.50. The average Bonchev–Trinajstić information content (AvgIpc) is 3.48. The number of aryl methyl sites for hydroxylation is 3. The number of nitrogen functional groups attached to an aromatic ring is 1. The molecule has 0 radical (unpaired) electrons. The number of fused-ring (bicyclic) bond motifs is 2. The molecule has 5 heterocycles. The Kier molecular flexibility index (Phi) is 5.88. The fourth-order valence-corrected chi connectivity index (χ4v) is 6.24. The first-order valence-corrected chi connectivity index (χ1v) is 13.2. The van der Waals surface area contributed by atoms with Gasteiger partial charge in [-0.3, -0.25) is 4.79 Å². The minimum atomic E-state index is -1.05. The van der Waals surface area contributed by atoms with Crippen LogP contribution in [0.15, 0.2) is 24.8 Å². The number of piperidine rings is 1. The number of H-pyrrole nitrogens is 1. The number of carbonyl (C=O) groups is 1. The predicted molar refractivity (Wildman–Crippen MR) is 142 cm³/mol. The summed E-state index contributed by atoms with van der Waals surface area (Å²) in [7, 11) is 0. The lowest BCUT2D eigenvalue weighted by Gasteiger charge is -2.51. The van der Waals surface area contributed by atoms with Crippen molar-refractivity contribution in [1.29, 1.82) is 0 Å². The molecular formula is C27H34N8O3. The van der Waals surface area contributed by atoms with E-state index in [2.05, 4.69) is 45.9 Å². The zero-order valence-electron chi connectivity index (χ0n) is 22.1. The molecule has 11 nitrogen and oxygen atoms in total. The van der Waals surface area contributed by atoms with Gasteiger partial charge in [-0.2, -0.15) is 0 Å². The van der Waals surface area contributed by atoms with Crippen molar-refractivity contribution in [2.45, 2.75) is 70.1 Å². The second-order valence-electron chi connectivity index (χ2n) is 11.2. The quantitative estimate of drug-likeness (QED) is 0.373. The van der Waals surface area contributed by atoms with Gasteiger partial charge in [-0.05, 0) is 50.8 Å². The molecule has 200 valence electrons. The van der Waals surface area contributed by atoms with Crippen molar-refractivity contribution >= 4 is 33.9 Å². The number of likely N-dealkylation sites (tertiary alicyclic amines) is 1. The normalized spacial score (nSPS) is 23.5. The number of ether oxygens (including phenoxy) is 1. The van der Waals surface area contributed by atoms with E-state index in [9.17, 15) is 9.90 Å². The Morgan fingerprint density at radius 1 is 1.21 bits per heavy atom. The maximum absolute atomic E-state index is 13.0. The number of nitrogens with zero attached hydrogens (tertiary/aromatic N) is 6. The largest absolute Gasteiger partial charge is 0.388 e. The standard InChI is InChI=1S/C27H34N8O3/c1-16-10-17(2)22-18(11-16)32-20(33-22)4-5-21(36)34-8-6-27(7-9-34)13-26(3,37)19(12-38-27)35-15-31-23-24(28)29-14-30-25(23)35/h10-11,14-15,19,37H,4-9,12-13H2,1-3H3,(H,32,33)(H2,28,29,30)/t19-,26-/m1/s1. The lowest BCUT2D eigenvalue weighted by Crippen LogP contribution is -2.58. The number of hydrogen-bond acceptors (Lipinski definition) is 8. The van der Waals surface area contributed by atoms with E-state index in [0.717, 1.165) is 22.4 Å². The summed E-state index contributed by atoms with van der Waals surface area (Å²) >= 11 is 0. The molecule has 3 aromatic heterocycles. The van der Waals surface area contributed by atoms with Crippen molar-refractivity contribution < 1.29 is 14.6 Å². The Morgan fingerprint density at radius 3 is 2.76 bits per heavy atom. The first-order valence-electron chi connectivity index (χ1n) is 13.2. The topological polar surface area (TPSA) is 148 Å². The van der Waals surface area contributed by atoms with Crippen LogP contribution in [-0.4, -0.2) is 76.3 Å². The highest BCUT2D eigenvalue weighted by Crippen LogP contribution is 2.44. The minimum absolute atomic E-state index is 0.121. The van der Waals surface area contributed by atoms with E-state index in [0.29, 0.717) is 68.8 Å². The number of hydrogen-bond donors (Lipinski definition) is 3. The van der Waals surface area contributed by atoms with Crippen molar-refractivity contribution in [3.63, 3.8) is 0 Å². The zero-order chi connectivity index (χ0) is 26.7. The van der Waals surface area contributed by atoms with Gasteiger partial charge in [-0.15, -0.1) is 0 Å². The summed E-state index contributed by atoms with van der Waals surface area (Å²) in [6.07, 6.45) is 5.86. The second-order valence-corrected chi connectivity index (χ2v) is 11.2. The van der Waals surface area contributed by atoms with Crippen molar-refractivity contribution in [1.82, 2.24) is 34.4 Å². The molecule has 1 aromatic carbocycles. The van der Waals surface area contributed by atoms with Crippen molar-refractivity contribution in [2.75, 3.05) is 25.4 Å². The fraction of sp³-hybridized carbons (Fsp3) is 0.519. The van der Waals surface area contributed by atoms with Gasteiger partial charge >= 0.3 is 0 Å². The first-order chi connectivity index (χ1) is 18.1. The maximum atomic E-state index is 13.0. The van der Waals surface area contributed by atoms with Gasteiger partial charge in [0.05, 0.1) is 41.2 Å². The maximum Gasteiger partial charge on any atom is 0.223 e. The van der Waals surface area contributed by atoms with E-state index in [1.54, 1.807) is 6.33 Å². The van der Waals surface area contributed by atoms with Gasteiger partial charge in [-0.1, -0.05) is 6.07 Å². The number of nitrogens with two attached hydrogens (primary N) is 1. The van der Waals surface area contributed by atoms with E-state index in [1.165, 1.54) is 11.9 Å². The molecule has 2 atom stereocenters. The number of benzene rings is 1. The average molecular weight is 519 g/mol. The molecule has 4 aromatic rings. The van der Waals surface area contributed by atoms with E-state index >= 15 is 0 Å². The molecule has 2 aliphatic rings. The minimum Gasteiger partial charge on any atom is -0.388 e. The molecule has 0 bridgehead atoms. The van der Waals surface area contributed by atoms with Crippen LogP contribution in [0.25, 0.3) is 22.2 Å². The van der Waals surface area contributed by atoms with Crippen LogP contribution in [0.3, 0.4) is 0 Å². The smallest absolute Gasteiger partial charge is 0.223 e. The Hall–Kier alpha value is -3.57. The van der Waals surface area contributed by atoms with Gasteiger partial charge in [0.25, 0.3) is 0 Å². The van der Waals surface area contributed by atoms with Crippen molar-refractivity contribution in [3.8, 4) is 0 Å². The third kappa shape index (κ3) is 4.29. The van der Waals surface area contributed by atoms with Crippen LogP contribution in [0.1, 0.15) is 55.6 Å². The number of amides is 1. The Labute approximate surface area is 220 Å². The van der Waals surface area contributed by atoms with Crippen LogP contribution in [0.2, 0.25) is 0 Å². The molecule has 4 N–H and O–H groups in total. The van der Waals surface area contributed by atoms with Gasteiger partial charge < -0.3 is 30.0 Å². The molecule has 0 unspecified atom stereocenters. The van der Waals surface area contributed by atoms with E-state index in [4.69, 9.17) is 15.5 Å². The van der Waals surface area contributed by atoms with E-state index < -0.39 is 11.2 Å². The monoisotopic (exact) mass is 518 g/mol. The molecule has 1 spiro atoms. The van der Waals surface area contributed by atoms with Gasteiger partial charge in [0.15, 0.2) is 11.5 Å². The summed E-state index contributed by atoms with van der Waals surface area (Å²) in [5.41, 5.74) is 9.85.